The molecule has 2 aliphatic heterocycles. The van der Waals surface area contributed by atoms with Crippen molar-refractivity contribution in [3.05, 3.63) is 53.6 Å². The van der Waals surface area contributed by atoms with Crippen LogP contribution in [0.2, 0.25) is 5.02 Å². The molecule has 0 bridgehead atoms. The maximum atomic E-state index is 10.4. The summed E-state index contributed by atoms with van der Waals surface area (Å²) in [4.78, 5) is 4.72. The molecule has 7 heteroatoms. The molecule has 6 nitrogen and oxygen atoms in total. The van der Waals surface area contributed by atoms with Gasteiger partial charge in [-0.05, 0) is 66.4 Å². The van der Waals surface area contributed by atoms with E-state index in [1.807, 2.05) is 30.3 Å². The lowest BCUT2D eigenvalue weighted by atomic mass is 10.0. The molecular formula is C23H21ClN2O4. The second-order valence-electron chi connectivity index (χ2n) is 7.37. The number of aromatic hydroxyl groups is 1. The van der Waals surface area contributed by atoms with Crippen molar-refractivity contribution in [2.75, 3.05) is 25.3 Å². The molecule has 30 heavy (non-hydrogen) atoms. The van der Waals surface area contributed by atoms with Gasteiger partial charge in [-0.15, -0.1) is 0 Å². The summed E-state index contributed by atoms with van der Waals surface area (Å²) < 4.78 is 16.7. The summed E-state index contributed by atoms with van der Waals surface area (Å²) in [6.45, 7) is 1.71. The Hall–Kier alpha value is -2.96. The molecule has 3 aromatic rings. The van der Waals surface area contributed by atoms with Crippen molar-refractivity contribution in [3.8, 4) is 39.6 Å². The third kappa shape index (κ3) is 3.88. The molecule has 2 N–H and O–H groups in total. The monoisotopic (exact) mass is 424 g/mol. The van der Waals surface area contributed by atoms with Crippen molar-refractivity contribution in [1.82, 2.24) is 4.98 Å². The summed E-state index contributed by atoms with van der Waals surface area (Å²) in [5.41, 5.74) is 3.10. The summed E-state index contributed by atoms with van der Waals surface area (Å²) in [6.07, 6.45) is 2.30. The highest BCUT2D eigenvalue weighted by Gasteiger charge is 2.18. The molecule has 1 atom stereocenters. The number of pyridine rings is 1. The van der Waals surface area contributed by atoms with Crippen molar-refractivity contribution in [1.29, 1.82) is 0 Å². The maximum Gasteiger partial charge on any atom is 0.231 e. The van der Waals surface area contributed by atoms with Gasteiger partial charge in [-0.1, -0.05) is 17.7 Å². The minimum Gasteiger partial charge on any atom is -0.507 e. The van der Waals surface area contributed by atoms with Crippen LogP contribution in [0.3, 0.4) is 0 Å². The van der Waals surface area contributed by atoms with Gasteiger partial charge in [0.15, 0.2) is 11.5 Å². The zero-order chi connectivity index (χ0) is 20.5. The predicted molar refractivity (Wildman–Crippen MR) is 115 cm³/mol. The van der Waals surface area contributed by atoms with Gasteiger partial charge in [-0.25, -0.2) is 4.98 Å². The van der Waals surface area contributed by atoms with Crippen LogP contribution in [0.1, 0.15) is 12.8 Å². The number of benzene rings is 2. The summed E-state index contributed by atoms with van der Waals surface area (Å²) in [6, 6.07) is 14.7. The molecule has 1 fully saturated rings. The standard InChI is InChI=1S/C23H21ClN2O4/c24-16-4-5-20(27)18(11-16)19-8-15(14-3-6-21-22(9-14)30-13-29-21)10-23(26-19)25-12-17-2-1-7-28-17/h3-6,8-11,17,27H,1-2,7,12-13H2,(H,25,26). The third-order valence-corrected chi connectivity index (χ3v) is 5.54. The van der Waals surface area contributed by atoms with Crippen LogP contribution in [-0.2, 0) is 4.74 Å². The molecule has 154 valence electrons. The smallest absolute Gasteiger partial charge is 0.231 e. The number of phenolic OH excluding ortho intramolecular Hbond substituents is 1. The van der Waals surface area contributed by atoms with E-state index in [-0.39, 0.29) is 18.6 Å². The Balaban J connectivity index is 1.55. The van der Waals surface area contributed by atoms with Gasteiger partial charge >= 0.3 is 0 Å². The first-order chi connectivity index (χ1) is 14.7. The van der Waals surface area contributed by atoms with Crippen LogP contribution in [0, 0.1) is 0 Å². The Kier molecular flexibility index (Phi) is 5.11. The zero-order valence-electron chi connectivity index (χ0n) is 16.2. The van der Waals surface area contributed by atoms with E-state index in [1.54, 1.807) is 18.2 Å². The number of aromatic nitrogens is 1. The van der Waals surface area contributed by atoms with Gasteiger partial charge in [0.1, 0.15) is 11.6 Å². The van der Waals surface area contributed by atoms with Gasteiger partial charge in [-0.3, -0.25) is 0 Å². The van der Waals surface area contributed by atoms with Crippen LogP contribution in [0.5, 0.6) is 17.2 Å². The van der Waals surface area contributed by atoms with E-state index in [0.29, 0.717) is 34.4 Å². The van der Waals surface area contributed by atoms with E-state index in [4.69, 9.17) is 30.8 Å². The molecule has 2 aromatic carbocycles. The molecule has 3 heterocycles. The molecule has 1 aromatic heterocycles. The Bertz CT molecular complexity index is 1080. The summed E-state index contributed by atoms with van der Waals surface area (Å²) in [5.74, 6) is 2.28. The van der Waals surface area contributed by atoms with Gasteiger partial charge < -0.3 is 24.6 Å². The lowest BCUT2D eigenvalue weighted by Gasteiger charge is -2.15. The molecule has 0 radical (unpaired) electrons. The molecule has 0 saturated carbocycles. The van der Waals surface area contributed by atoms with Crippen LogP contribution in [-0.4, -0.2) is 36.1 Å². The van der Waals surface area contributed by atoms with Gasteiger partial charge in [0.2, 0.25) is 6.79 Å². The Morgan fingerprint density at radius 1 is 1.03 bits per heavy atom. The number of halogens is 1. The number of nitrogens with zero attached hydrogens (tertiary/aromatic N) is 1. The third-order valence-electron chi connectivity index (χ3n) is 5.30. The Morgan fingerprint density at radius 2 is 1.93 bits per heavy atom. The number of nitrogens with one attached hydrogen (secondary N) is 1. The largest absolute Gasteiger partial charge is 0.507 e. The van der Waals surface area contributed by atoms with Crippen LogP contribution in [0.15, 0.2) is 48.5 Å². The van der Waals surface area contributed by atoms with E-state index < -0.39 is 0 Å². The highest BCUT2D eigenvalue weighted by atomic mass is 35.5. The minimum atomic E-state index is 0.125. The summed E-state index contributed by atoms with van der Waals surface area (Å²) in [5, 5.41) is 14.3. The molecule has 0 amide bonds. The molecule has 5 rings (SSSR count). The fraction of sp³-hybridized carbons (Fsp3) is 0.261. The Labute approximate surface area is 179 Å². The van der Waals surface area contributed by atoms with Gasteiger partial charge in [-0.2, -0.15) is 0 Å². The van der Waals surface area contributed by atoms with E-state index in [9.17, 15) is 5.11 Å². The van der Waals surface area contributed by atoms with E-state index in [2.05, 4.69) is 5.32 Å². The highest BCUT2D eigenvalue weighted by Crippen LogP contribution is 2.38. The normalized spacial score (nSPS) is 17.3. The summed E-state index contributed by atoms with van der Waals surface area (Å²) in [7, 11) is 0. The molecule has 1 saturated heterocycles. The lowest BCUT2D eigenvalue weighted by molar-refractivity contribution is 0.120. The first kappa shape index (κ1) is 19.0. The fourth-order valence-electron chi connectivity index (χ4n) is 3.74. The first-order valence-corrected chi connectivity index (χ1v) is 10.3. The number of phenols is 1. The number of rotatable bonds is 5. The van der Waals surface area contributed by atoms with Crippen LogP contribution >= 0.6 is 11.6 Å². The average molecular weight is 425 g/mol. The van der Waals surface area contributed by atoms with Crippen LogP contribution in [0.25, 0.3) is 22.4 Å². The molecule has 0 aliphatic carbocycles. The van der Waals surface area contributed by atoms with Crippen molar-refractivity contribution in [3.63, 3.8) is 0 Å². The van der Waals surface area contributed by atoms with E-state index in [1.165, 1.54) is 0 Å². The topological polar surface area (TPSA) is 72.8 Å². The van der Waals surface area contributed by atoms with Crippen molar-refractivity contribution >= 4 is 17.4 Å². The van der Waals surface area contributed by atoms with Crippen molar-refractivity contribution in [2.24, 2.45) is 0 Å². The number of anilines is 1. The minimum absolute atomic E-state index is 0.125. The second kappa shape index (κ2) is 8.05. The second-order valence-corrected chi connectivity index (χ2v) is 7.81. The SMILES string of the molecule is Oc1ccc(Cl)cc1-c1cc(-c2ccc3c(c2)OCO3)cc(NCC2CCCO2)n1. The van der Waals surface area contributed by atoms with E-state index in [0.717, 1.165) is 36.3 Å². The van der Waals surface area contributed by atoms with Crippen molar-refractivity contribution in [2.45, 2.75) is 18.9 Å². The van der Waals surface area contributed by atoms with E-state index >= 15 is 0 Å². The molecule has 1 unspecified atom stereocenters. The fourth-order valence-corrected chi connectivity index (χ4v) is 3.91. The number of hydrogen-bond acceptors (Lipinski definition) is 6. The average Bonchev–Trinajstić information content (AvgIpc) is 3.45. The maximum absolute atomic E-state index is 10.4. The van der Waals surface area contributed by atoms with Crippen LogP contribution in [0.4, 0.5) is 5.82 Å². The zero-order valence-corrected chi connectivity index (χ0v) is 17.0. The van der Waals surface area contributed by atoms with Gasteiger partial charge in [0, 0.05) is 23.7 Å². The first-order valence-electron chi connectivity index (χ1n) is 9.92. The quantitative estimate of drug-likeness (QED) is 0.594. The summed E-state index contributed by atoms with van der Waals surface area (Å²) >= 11 is 6.17. The lowest BCUT2D eigenvalue weighted by Crippen LogP contribution is -2.19. The van der Waals surface area contributed by atoms with Gasteiger partial charge in [0.05, 0.1) is 11.8 Å². The molecule has 0 spiro atoms. The van der Waals surface area contributed by atoms with Crippen LogP contribution < -0.4 is 14.8 Å². The number of fused-ring (bicyclic) bond motifs is 1. The number of hydrogen-bond donors (Lipinski definition) is 2. The molecule has 2 aliphatic rings. The van der Waals surface area contributed by atoms with Crippen molar-refractivity contribution < 1.29 is 19.3 Å². The predicted octanol–water partition coefficient (Wildman–Crippen LogP) is 5.09. The number of ether oxygens (including phenoxy) is 3. The Morgan fingerprint density at radius 3 is 2.80 bits per heavy atom. The highest BCUT2D eigenvalue weighted by molar-refractivity contribution is 6.31. The molecular weight excluding hydrogens is 404 g/mol. The van der Waals surface area contributed by atoms with Gasteiger partial charge in [0.25, 0.3) is 0 Å².